The summed E-state index contributed by atoms with van der Waals surface area (Å²) in [7, 11) is 0. The van der Waals surface area contributed by atoms with Crippen LogP contribution < -0.4 is 5.32 Å². The van der Waals surface area contributed by atoms with Crippen molar-refractivity contribution in [2.75, 3.05) is 19.6 Å². The molecule has 1 aliphatic heterocycles. The fourth-order valence-corrected chi connectivity index (χ4v) is 2.80. The van der Waals surface area contributed by atoms with Crippen LogP contribution in [0.5, 0.6) is 0 Å². The summed E-state index contributed by atoms with van der Waals surface area (Å²) in [5.41, 5.74) is 1.89. The lowest BCUT2D eigenvalue weighted by Gasteiger charge is -2.22. The number of hydrogen-bond donors (Lipinski definition) is 1. The van der Waals surface area contributed by atoms with E-state index in [2.05, 4.69) is 22.1 Å². The molecule has 0 aliphatic carbocycles. The normalized spacial score (nSPS) is 22.3. The van der Waals surface area contributed by atoms with E-state index in [9.17, 15) is 0 Å². The molecule has 1 atom stereocenters. The Morgan fingerprint density at radius 3 is 3.33 bits per heavy atom. The minimum atomic E-state index is 0.753. The predicted octanol–water partition coefficient (Wildman–Crippen LogP) is 1.72. The van der Waals surface area contributed by atoms with Gasteiger partial charge in [-0.25, -0.2) is 0 Å². The average molecular weight is 225 g/mol. The highest BCUT2D eigenvalue weighted by molar-refractivity contribution is 7.09. The van der Waals surface area contributed by atoms with Crippen LogP contribution in [0.4, 0.5) is 0 Å². The lowest BCUT2D eigenvalue weighted by molar-refractivity contribution is 0.260. The van der Waals surface area contributed by atoms with E-state index in [1.165, 1.54) is 30.8 Å². The SMILES string of the molecule is CCN1CCCC1CNCc1cncs1. The van der Waals surface area contributed by atoms with Crippen molar-refractivity contribution in [3.63, 3.8) is 0 Å². The maximum absolute atomic E-state index is 4.07. The van der Waals surface area contributed by atoms with Gasteiger partial charge in [-0.3, -0.25) is 9.88 Å². The average Bonchev–Trinajstić information content (AvgIpc) is 2.88. The van der Waals surface area contributed by atoms with Crippen LogP contribution in [0.3, 0.4) is 0 Å². The quantitative estimate of drug-likeness (QED) is 0.827. The van der Waals surface area contributed by atoms with Gasteiger partial charge in [0.25, 0.3) is 0 Å². The van der Waals surface area contributed by atoms with Gasteiger partial charge in [-0.1, -0.05) is 6.92 Å². The van der Waals surface area contributed by atoms with Gasteiger partial charge in [0.05, 0.1) is 5.51 Å². The molecule has 0 spiro atoms. The van der Waals surface area contributed by atoms with Crippen LogP contribution in [0, 0.1) is 0 Å². The molecule has 2 rings (SSSR count). The highest BCUT2D eigenvalue weighted by Crippen LogP contribution is 2.15. The Morgan fingerprint density at radius 1 is 1.67 bits per heavy atom. The van der Waals surface area contributed by atoms with Crippen molar-refractivity contribution in [3.05, 3.63) is 16.6 Å². The summed E-state index contributed by atoms with van der Waals surface area (Å²) in [5, 5.41) is 3.52. The van der Waals surface area contributed by atoms with E-state index in [0.717, 1.165) is 19.1 Å². The third-order valence-electron chi connectivity index (χ3n) is 3.07. The second-order valence-corrected chi connectivity index (χ2v) is 4.99. The van der Waals surface area contributed by atoms with Gasteiger partial charge in [-0.05, 0) is 25.9 Å². The second-order valence-electron chi connectivity index (χ2n) is 4.02. The summed E-state index contributed by atoms with van der Waals surface area (Å²) < 4.78 is 0. The van der Waals surface area contributed by atoms with Crippen molar-refractivity contribution in [1.29, 1.82) is 0 Å². The summed E-state index contributed by atoms with van der Waals surface area (Å²) in [6.45, 7) is 6.81. The number of likely N-dealkylation sites (tertiary alicyclic amines) is 1. The first-order chi connectivity index (χ1) is 7.40. The molecule has 1 N–H and O–H groups in total. The third kappa shape index (κ3) is 3.00. The molecule has 1 saturated heterocycles. The number of aromatic nitrogens is 1. The smallest absolute Gasteiger partial charge is 0.0794 e. The molecule has 1 unspecified atom stereocenters. The molecule has 3 nitrogen and oxygen atoms in total. The van der Waals surface area contributed by atoms with Crippen LogP contribution in [0.2, 0.25) is 0 Å². The van der Waals surface area contributed by atoms with Crippen molar-refractivity contribution in [2.24, 2.45) is 0 Å². The number of hydrogen-bond acceptors (Lipinski definition) is 4. The zero-order valence-electron chi connectivity index (χ0n) is 9.28. The first kappa shape index (κ1) is 11.0. The first-order valence-corrected chi connectivity index (χ1v) is 6.60. The van der Waals surface area contributed by atoms with Crippen LogP contribution in [-0.4, -0.2) is 35.6 Å². The van der Waals surface area contributed by atoms with E-state index in [4.69, 9.17) is 0 Å². The van der Waals surface area contributed by atoms with E-state index in [1.807, 2.05) is 11.7 Å². The Kier molecular flexibility index (Phi) is 4.11. The summed E-state index contributed by atoms with van der Waals surface area (Å²) in [6.07, 6.45) is 4.66. The Balaban J connectivity index is 1.69. The maximum Gasteiger partial charge on any atom is 0.0794 e. The van der Waals surface area contributed by atoms with E-state index in [1.54, 1.807) is 11.3 Å². The maximum atomic E-state index is 4.07. The molecule has 0 amide bonds. The second kappa shape index (κ2) is 5.58. The minimum Gasteiger partial charge on any atom is -0.310 e. The number of nitrogens with one attached hydrogen (secondary N) is 1. The van der Waals surface area contributed by atoms with Crippen molar-refractivity contribution in [2.45, 2.75) is 32.4 Å². The summed E-state index contributed by atoms with van der Waals surface area (Å²) in [5.74, 6) is 0. The largest absolute Gasteiger partial charge is 0.310 e. The van der Waals surface area contributed by atoms with Gasteiger partial charge in [-0.15, -0.1) is 11.3 Å². The number of likely N-dealkylation sites (N-methyl/N-ethyl adjacent to an activating group) is 1. The molecule has 84 valence electrons. The standard InChI is InChI=1S/C11H19N3S/c1-2-14-5-3-4-10(14)6-12-7-11-8-13-9-15-11/h8-10,12H,2-7H2,1H3. The molecule has 0 aromatic carbocycles. The van der Waals surface area contributed by atoms with Gasteiger partial charge >= 0.3 is 0 Å². The fraction of sp³-hybridized carbons (Fsp3) is 0.727. The van der Waals surface area contributed by atoms with Gasteiger partial charge < -0.3 is 5.32 Å². The minimum absolute atomic E-state index is 0.753. The van der Waals surface area contributed by atoms with Gasteiger partial charge in [0.15, 0.2) is 0 Å². The van der Waals surface area contributed by atoms with Crippen LogP contribution >= 0.6 is 11.3 Å². The zero-order valence-corrected chi connectivity index (χ0v) is 10.1. The van der Waals surface area contributed by atoms with Crippen LogP contribution in [0.25, 0.3) is 0 Å². The lowest BCUT2D eigenvalue weighted by Crippen LogP contribution is -2.37. The third-order valence-corrected chi connectivity index (χ3v) is 3.85. The summed E-state index contributed by atoms with van der Waals surface area (Å²) in [6, 6.07) is 0.753. The van der Waals surface area contributed by atoms with E-state index in [-0.39, 0.29) is 0 Å². The van der Waals surface area contributed by atoms with Gasteiger partial charge in [0, 0.05) is 30.2 Å². The Hall–Kier alpha value is -0.450. The summed E-state index contributed by atoms with van der Waals surface area (Å²) in [4.78, 5) is 7.97. The molecule has 2 heterocycles. The molecular formula is C11H19N3S. The topological polar surface area (TPSA) is 28.2 Å². The highest BCUT2D eigenvalue weighted by Gasteiger charge is 2.21. The fourth-order valence-electron chi connectivity index (χ4n) is 2.23. The van der Waals surface area contributed by atoms with Crippen molar-refractivity contribution in [3.8, 4) is 0 Å². The van der Waals surface area contributed by atoms with Crippen LogP contribution in [-0.2, 0) is 6.54 Å². The lowest BCUT2D eigenvalue weighted by atomic mass is 10.2. The molecule has 0 radical (unpaired) electrons. The monoisotopic (exact) mass is 225 g/mol. The Morgan fingerprint density at radius 2 is 2.60 bits per heavy atom. The van der Waals surface area contributed by atoms with Gasteiger partial charge in [0.2, 0.25) is 0 Å². The zero-order chi connectivity index (χ0) is 10.5. The highest BCUT2D eigenvalue weighted by atomic mass is 32.1. The molecule has 0 bridgehead atoms. The first-order valence-electron chi connectivity index (χ1n) is 5.72. The number of nitrogens with zero attached hydrogens (tertiary/aromatic N) is 2. The van der Waals surface area contributed by atoms with Crippen molar-refractivity contribution in [1.82, 2.24) is 15.2 Å². The Bertz CT molecular complexity index is 273. The number of rotatable bonds is 5. The van der Waals surface area contributed by atoms with Crippen molar-refractivity contribution >= 4 is 11.3 Å². The van der Waals surface area contributed by atoms with Gasteiger partial charge in [0.1, 0.15) is 0 Å². The molecule has 0 saturated carbocycles. The molecule has 1 aliphatic rings. The molecule has 1 aromatic heterocycles. The molecule has 4 heteroatoms. The Labute approximate surface area is 95.5 Å². The van der Waals surface area contributed by atoms with E-state index < -0.39 is 0 Å². The molecule has 1 fully saturated rings. The molecular weight excluding hydrogens is 206 g/mol. The van der Waals surface area contributed by atoms with E-state index in [0.29, 0.717) is 0 Å². The molecule has 1 aromatic rings. The van der Waals surface area contributed by atoms with Crippen LogP contribution in [0.1, 0.15) is 24.6 Å². The van der Waals surface area contributed by atoms with Crippen LogP contribution in [0.15, 0.2) is 11.7 Å². The van der Waals surface area contributed by atoms with Gasteiger partial charge in [-0.2, -0.15) is 0 Å². The van der Waals surface area contributed by atoms with E-state index >= 15 is 0 Å². The number of thiazole rings is 1. The molecule has 15 heavy (non-hydrogen) atoms. The van der Waals surface area contributed by atoms with Crippen molar-refractivity contribution < 1.29 is 0 Å². The summed E-state index contributed by atoms with van der Waals surface area (Å²) >= 11 is 1.72. The predicted molar refractivity (Wildman–Crippen MR) is 64.1 cm³/mol.